The summed E-state index contributed by atoms with van der Waals surface area (Å²) in [6.07, 6.45) is 0.0880. The van der Waals surface area contributed by atoms with Crippen molar-refractivity contribution < 1.29 is 14.0 Å². The number of anilines is 2. The summed E-state index contributed by atoms with van der Waals surface area (Å²) >= 11 is 1.97. The fourth-order valence-corrected chi connectivity index (χ4v) is 4.94. The van der Waals surface area contributed by atoms with E-state index in [2.05, 4.69) is 10.2 Å². The zero-order valence-electron chi connectivity index (χ0n) is 17.1. The first-order valence-corrected chi connectivity index (χ1v) is 11.4. The molecule has 1 unspecified atom stereocenters. The minimum atomic E-state index is -0.502. The van der Waals surface area contributed by atoms with Gasteiger partial charge in [-0.25, -0.2) is 4.39 Å². The second-order valence-electron chi connectivity index (χ2n) is 7.90. The van der Waals surface area contributed by atoms with Gasteiger partial charge in [0.2, 0.25) is 11.8 Å². The Kier molecular flexibility index (Phi) is 6.39. The highest BCUT2D eigenvalue weighted by molar-refractivity contribution is 7.99. The largest absolute Gasteiger partial charge is 0.325 e. The van der Waals surface area contributed by atoms with Gasteiger partial charge in [-0.2, -0.15) is 11.8 Å². The smallest absolute Gasteiger partial charge is 0.229 e. The number of aryl methyl sites for hydroxylation is 1. The minimum absolute atomic E-state index is 0.0880. The van der Waals surface area contributed by atoms with Gasteiger partial charge in [0.05, 0.1) is 11.6 Å². The molecule has 0 aromatic heterocycles. The number of hydrogen-bond donors (Lipinski definition) is 1. The fraction of sp³-hybridized carbons (Fsp3) is 0.391. The molecule has 2 fully saturated rings. The molecular formula is C23H26FN3O2S. The minimum Gasteiger partial charge on any atom is -0.325 e. The van der Waals surface area contributed by atoms with Gasteiger partial charge >= 0.3 is 0 Å². The summed E-state index contributed by atoms with van der Waals surface area (Å²) in [5, 5.41) is 3.01. The van der Waals surface area contributed by atoms with Gasteiger partial charge in [0.1, 0.15) is 5.82 Å². The Balaban J connectivity index is 1.44. The number of rotatable bonds is 5. The number of thioether (sulfide) groups is 1. The molecule has 2 aliphatic heterocycles. The highest BCUT2D eigenvalue weighted by Crippen LogP contribution is 2.29. The van der Waals surface area contributed by atoms with Crippen LogP contribution in [0.4, 0.5) is 15.8 Å². The maximum Gasteiger partial charge on any atom is 0.229 e. The molecule has 2 heterocycles. The molecular weight excluding hydrogens is 401 g/mol. The molecule has 0 spiro atoms. The van der Waals surface area contributed by atoms with E-state index >= 15 is 0 Å². The Hall–Kier alpha value is -2.38. The van der Waals surface area contributed by atoms with E-state index in [9.17, 15) is 14.0 Å². The molecule has 1 atom stereocenters. The summed E-state index contributed by atoms with van der Waals surface area (Å²) in [6, 6.07) is 12.6. The third kappa shape index (κ3) is 4.68. The predicted octanol–water partition coefficient (Wildman–Crippen LogP) is 3.67. The van der Waals surface area contributed by atoms with Crippen LogP contribution in [0.5, 0.6) is 0 Å². The Morgan fingerprint density at radius 2 is 1.97 bits per heavy atom. The fourth-order valence-electron chi connectivity index (χ4n) is 3.96. The maximum absolute atomic E-state index is 14.3. The second-order valence-corrected chi connectivity index (χ2v) is 9.12. The molecule has 4 rings (SSSR count). The lowest BCUT2D eigenvalue weighted by Gasteiger charge is -2.27. The molecule has 2 amide bonds. The number of nitrogens with zero attached hydrogens (tertiary/aromatic N) is 2. The van der Waals surface area contributed by atoms with Gasteiger partial charge in [0.25, 0.3) is 0 Å². The summed E-state index contributed by atoms with van der Waals surface area (Å²) in [7, 11) is 0. The van der Waals surface area contributed by atoms with E-state index in [-0.39, 0.29) is 30.5 Å². The molecule has 2 aromatic rings. The number of hydrogen-bond acceptors (Lipinski definition) is 4. The van der Waals surface area contributed by atoms with E-state index in [1.54, 1.807) is 19.1 Å². The summed E-state index contributed by atoms with van der Waals surface area (Å²) in [4.78, 5) is 29.2. The lowest BCUT2D eigenvalue weighted by Crippen LogP contribution is -2.32. The van der Waals surface area contributed by atoms with Crippen LogP contribution in [-0.2, 0) is 16.1 Å². The van der Waals surface area contributed by atoms with Crippen molar-refractivity contribution in [2.75, 3.05) is 41.4 Å². The molecule has 0 saturated carbocycles. The number of para-hydroxylation sites is 1. The van der Waals surface area contributed by atoms with Gasteiger partial charge in [0.15, 0.2) is 0 Å². The van der Waals surface area contributed by atoms with E-state index in [1.807, 2.05) is 36.0 Å². The molecule has 1 N–H and O–H groups in total. The highest BCUT2D eigenvalue weighted by Gasteiger charge is 2.36. The summed E-state index contributed by atoms with van der Waals surface area (Å²) in [6.45, 7) is 4.87. The van der Waals surface area contributed by atoms with E-state index in [1.165, 1.54) is 11.0 Å². The average molecular weight is 428 g/mol. The number of carbonyl (C=O) groups is 2. The Morgan fingerprint density at radius 1 is 1.20 bits per heavy atom. The van der Waals surface area contributed by atoms with Gasteiger partial charge in [-0.1, -0.05) is 24.3 Å². The van der Waals surface area contributed by atoms with Crippen LogP contribution in [0.3, 0.4) is 0 Å². The topological polar surface area (TPSA) is 52.7 Å². The van der Waals surface area contributed by atoms with Gasteiger partial charge < -0.3 is 10.2 Å². The van der Waals surface area contributed by atoms with Crippen LogP contribution in [0.25, 0.3) is 0 Å². The Morgan fingerprint density at radius 3 is 2.73 bits per heavy atom. The molecule has 2 aliphatic rings. The van der Waals surface area contributed by atoms with E-state index in [0.717, 1.165) is 48.0 Å². The van der Waals surface area contributed by atoms with Crippen LogP contribution in [-0.4, -0.2) is 47.9 Å². The van der Waals surface area contributed by atoms with Crippen molar-refractivity contribution >= 4 is 35.0 Å². The lowest BCUT2D eigenvalue weighted by atomic mass is 10.1. The van der Waals surface area contributed by atoms with E-state index < -0.39 is 11.7 Å². The van der Waals surface area contributed by atoms with Crippen LogP contribution in [0, 0.1) is 18.7 Å². The summed E-state index contributed by atoms with van der Waals surface area (Å²) in [5.74, 6) is 0.901. The lowest BCUT2D eigenvalue weighted by molar-refractivity contribution is -0.122. The molecule has 5 nitrogen and oxygen atoms in total. The van der Waals surface area contributed by atoms with Crippen LogP contribution in [0.1, 0.15) is 17.5 Å². The Bertz CT molecular complexity index is 946. The van der Waals surface area contributed by atoms with Crippen LogP contribution < -0.4 is 10.2 Å². The third-order valence-electron chi connectivity index (χ3n) is 5.66. The monoisotopic (exact) mass is 427 g/mol. The molecule has 0 radical (unpaired) electrons. The Labute approximate surface area is 180 Å². The number of amides is 2. The van der Waals surface area contributed by atoms with E-state index in [0.29, 0.717) is 0 Å². The zero-order chi connectivity index (χ0) is 21.1. The maximum atomic E-state index is 14.3. The molecule has 2 aromatic carbocycles. The van der Waals surface area contributed by atoms with Gasteiger partial charge in [-0.15, -0.1) is 0 Å². The number of benzene rings is 2. The summed E-state index contributed by atoms with van der Waals surface area (Å²) in [5.41, 5.74) is 2.89. The first kappa shape index (κ1) is 20.9. The number of halogens is 1. The second kappa shape index (κ2) is 9.18. The van der Waals surface area contributed by atoms with E-state index in [4.69, 9.17) is 0 Å². The molecule has 2 saturated heterocycles. The predicted molar refractivity (Wildman–Crippen MR) is 119 cm³/mol. The molecule has 0 aliphatic carbocycles. The van der Waals surface area contributed by atoms with Crippen LogP contribution in [0.2, 0.25) is 0 Å². The number of nitrogens with one attached hydrogen (secondary N) is 1. The van der Waals surface area contributed by atoms with Crippen molar-refractivity contribution in [3.05, 3.63) is 59.4 Å². The quantitative estimate of drug-likeness (QED) is 0.791. The van der Waals surface area contributed by atoms with Crippen molar-refractivity contribution in [1.82, 2.24) is 4.90 Å². The molecule has 0 bridgehead atoms. The van der Waals surface area contributed by atoms with Gasteiger partial charge in [-0.05, 0) is 36.2 Å². The molecule has 158 valence electrons. The molecule has 7 heteroatoms. The zero-order valence-corrected chi connectivity index (χ0v) is 17.9. The van der Waals surface area contributed by atoms with Crippen molar-refractivity contribution in [2.24, 2.45) is 5.92 Å². The SMILES string of the molecule is Cc1ccc(N2CC(C(=O)Nc3ccccc3CN3CCSCC3)CC2=O)c(F)c1. The first-order chi connectivity index (χ1) is 14.5. The van der Waals surface area contributed by atoms with Gasteiger partial charge in [-0.3, -0.25) is 14.5 Å². The highest BCUT2D eigenvalue weighted by atomic mass is 32.2. The van der Waals surface area contributed by atoms with Crippen molar-refractivity contribution in [3.63, 3.8) is 0 Å². The van der Waals surface area contributed by atoms with Crippen LogP contribution >= 0.6 is 11.8 Å². The summed E-state index contributed by atoms with van der Waals surface area (Å²) < 4.78 is 14.3. The van der Waals surface area contributed by atoms with Gasteiger partial charge in [0, 0.05) is 49.8 Å². The van der Waals surface area contributed by atoms with Crippen molar-refractivity contribution in [1.29, 1.82) is 0 Å². The first-order valence-electron chi connectivity index (χ1n) is 10.3. The van der Waals surface area contributed by atoms with Crippen molar-refractivity contribution in [2.45, 2.75) is 19.9 Å². The third-order valence-corrected chi connectivity index (χ3v) is 6.61. The van der Waals surface area contributed by atoms with Crippen LogP contribution in [0.15, 0.2) is 42.5 Å². The standard InChI is InChI=1S/C23H26FN3O2S/c1-16-6-7-21(19(24)12-16)27-15-18(13-22(27)28)23(29)25-20-5-3-2-4-17(20)14-26-8-10-30-11-9-26/h2-7,12,18H,8-11,13-15H2,1H3,(H,25,29). The van der Waals surface area contributed by atoms with Crippen molar-refractivity contribution in [3.8, 4) is 0 Å². The number of carbonyl (C=O) groups excluding carboxylic acids is 2. The molecule has 30 heavy (non-hydrogen) atoms. The average Bonchev–Trinajstić information content (AvgIpc) is 3.12. The normalized spacial score (nSPS) is 19.9.